The number of benzene rings is 1. The van der Waals surface area contributed by atoms with Crippen molar-refractivity contribution in [2.75, 3.05) is 0 Å². The molecule has 0 spiro atoms. The lowest BCUT2D eigenvalue weighted by Gasteiger charge is -2.29. The Labute approximate surface area is 117 Å². The normalized spacial score (nSPS) is 23.4. The number of rotatable bonds is 4. The Hall–Kier alpha value is -0.795. The quantitative estimate of drug-likeness (QED) is 0.817. The molecule has 2 N–H and O–H groups in total. The Morgan fingerprint density at radius 3 is 2.37 bits per heavy atom. The molecule has 1 aliphatic carbocycles. The van der Waals surface area contributed by atoms with Gasteiger partial charge in [-0.1, -0.05) is 43.5 Å². The third-order valence-corrected chi connectivity index (χ3v) is 4.59. The van der Waals surface area contributed by atoms with Crippen LogP contribution in [0.15, 0.2) is 18.2 Å². The van der Waals surface area contributed by atoms with Crippen LogP contribution in [0.25, 0.3) is 0 Å². The summed E-state index contributed by atoms with van der Waals surface area (Å²) in [4.78, 5) is 0. The minimum atomic E-state index is -1.35. The molecular formula is C16H25BO2. The summed E-state index contributed by atoms with van der Waals surface area (Å²) in [5, 5.41) is 18.5. The molecule has 0 atom stereocenters. The zero-order chi connectivity index (χ0) is 13.8. The number of hydrogen-bond donors (Lipinski definition) is 2. The molecule has 19 heavy (non-hydrogen) atoms. The fraction of sp³-hybridized carbons (Fsp3) is 0.625. The molecule has 0 aliphatic heterocycles. The fourth-order valence-electron chi connectivity index (χ4n) is 3.44. The Balaban J connectivity index is 2.02. The van der Waals surface area contributed by atoms with Gasteiger partial charge in [-0.05, 0) is 55.5 Å². The van der Waals surface area contributed by atoms with Crippen LogP contribution >= 0.6 is 0 Å². The van der Waals surface area contributed by atoms with E-state index in [0.717, 1.165) is 11.5 Å². The van der Waals surface area contributed by atoms with Crippen LogP contribution in [0.1, 0.15) is 62.5 Å². The summed E-state index contributed by atoms with van der Waals surface area (Å²) in [5.41, 5.74) is 2.99. The van der Waals surface area contributed by atoms with Crippen LogP contribution in [-0.4, -0.2) is 17.2 Å². The van der Waals surface area contributed by atoms with Gasteiger partial charge in [0, 0.05) is 0 Å². The zero-order valence-corrected chi connectivity index (χ0v) is 12.1. The average Bonchev–Trinajstić information content (AvgIpc) is 2.39. The standard InChI is InChI=1S/C16H25BO2/c1-3-4-13-5-7-14(8-6-13)15-9-10-16(17(18)19)12(2)11-15/h9-11,13-14,18-19H,3-8H2,1-2H3/t13-,14-. The monoisotopic (exact) mass is 260 g/mol. The smallest absolute Gasteiger partial charge is 0.423 e. The summed E-state index contributed by atoms with van der Waals surface area (Å²) in [7, 11) is -1.35. The second-order valence-corrected chi connectivity index (χ2v) is 6.00. The molecule has 1 saturated carbocycles. The zero-order valence-electron chi connectivity index (χ0n) is 12.1. The Kier molecular flexibility index (Phi) is 5.06. The lowest BCUT2D eigenvalue weighted by molar-refractivity contribution is 0.308. The molecule has 1 aliphatic rings. The molecule has 0 bridgehead atoms. The Morgan fingerprint density at radius 2 is 1.84 bits per heavy atom. The fourth-order valence-corrected chi connectivity index (χ4v) is 3.44. The van der Waals surface area contributed by atoms with Gasteiger partial charge in [0.2, 0.25) is 0 Å². The van der Waals surface area contributed by atoms with Crippen LogP contribution in [0.2, 0.25) is 0 Å². The molecule has 1 aromatic carbocycles. The molecule has 0 amide bonds. The second-order valence-electron chi connectivity index (χ2n) is 6.00. The van der Waals surface area contributed by atoms with Gasteiger partial charge in [0.25, 0.3) is 0 Å². The summed E-state index contributed by atoms with van der Waals surface area (Å²) in [6.07, 6.45) is 7.94. The Bertz CT molecular complexity index is 409. The highest BCUT2D eigenvalue weighted by molar-refractivity contribution is 6.59. The molecule has 104 valence electrons. The van der Waals surface area contributed by atoms with E-state index in [0.29, 0.717) is 11.4 Å². The van der Waals surface area contributed by atoms with Gasteiger partial charge in [-0.15, -0.1) is 0 Å². The van der Waals surface area contributed by atoms with Gasteiger partial charge in [0.1, 0.15) is 0 Å². The second kappa shape index (κ2) is 6.58. The van der Waals surface area contributed by atoms with Gasteiger partial charge in [-0.3, -0.25) is 0 Å². The van der Waals surface area contributed by atoms with Crippen molar-refractivity contribution in [1.82, 2.24) is 0 Å². The van der Waals surface area contributed by atoms with E-state index >= 15 is 0 Å². The van der Waals surface area contributed by atoms with E-state index in [4.69, 9.17) is 0 Å². The molecule has 1 fully saturated rings. The molecule has 0 aromatic heterocycles. The van der Waals surface area contributed by atoms with Crippen molar-refractivity contribution in [3.8, 4) is 0 Å². The van der Waals surface area contributed by atoms with Crippen LogP contribution in [0.3, 0.4) is 0 Å². The summed E-state index contributed by atoms with van der Waals surface area (Å²) in [6, 6.07) is 6.08. The highest BCUT2D eigenvalue weighted by Crippen LogP contribution is 2.37. The van der Waals surface area contributed by atoms with Gasteiger partial charge >= 0.3 is 7.12 Å². The van der Waals surface area contributed by atoms with E-state index in [1.165, 1.54) is 44.1 Å². The average molecular weight is 260 g/mol. The summed E-state index contributed by atoms with van der Waals surface area (Å²) in [6.45, 7) is 4.23. The first-order valence-electron chi connectivity index (χ1n) is 7.58. The maximum atomic E-state index is 9.26. The first-order chi connectivity index (χ1) is 9.11. The molecule has 2 nitrogen and oxygen atoms in total. The molecular weight excluding hydrogens is 235 g/mol. The minimum absolute atomic E-state index is 0.628. The van der Waals surface area contributed by atoms with Gasteiger partial charge < -0.3 is 10.0 Å². The van der Waals surface area contributed by atoms with Crippen molar-refractivity contribution in [2.24, 2.45) is 5.92 Å². The minimum Gasteiger partial charge on any atom is -0.423 e. The van der Waals surface area contributed by atoms with E-state index in [1.807, 2.05) is 13.0 Å². The third-order valence-electron chi connectivity index (χ3n) is 4.59. The van der Waals surface area contributed by atoms with Crippen molar-refractivity contribution in [3.63, 3.8) is 0 Å². The van der Waals surface area contributed by atoms with Gasteiger partial charge in [-0.25, -0.2) is 0 Å². The van der Waals surface area contributed by atoms with Gasteiger partial charge in [0.15, 0.2) is 0 Å². The molecule has 2 rings (SSSR count). The van der Waals surface area contributed by atoms with E-state index in [2.05, 4.69) is 19.1 Å². The van der Waals surface area contributed by atoms with E-state index in [9.17, 15) is 10.0 Å². The predicted molar refractivity (Wildman–Crippen MR) is 80.6 cm³/mol. The number of hydrogen-bond acceptors (Lipinski definition) is 2. The molecule has 0 heterocycles. The topological polar surface area (TPSA) is 40.5 Å². The summed E-state index contributed by atoms with van der Waals surface area (Å²) in [5.74, 6) is 1.59. The first kappa shape index (κ1) is 14.6. The van der Waals surface area contributed by atoms with Crippen LogP contribution in [0, 0.1) is 12.8 Å². The predicted octanol–water partition coefficient (Wildman–Crippen LogP) is 2.75. The molecule has 3 heteroatoms. The van der Waals surface area contributed by atoms with Crippen LogP contribution in [0.5, 0.6) is 0 Å². The van der Waals surface area contributed by atoms with E-state index in [-0.39, 0.29) is 0 Å². The van der Waals surface area contributed by atoms with E-state index < -0.39 is 7.12 Å². The largest absolute Gasteiger partial charge is 0.488 e. The van der Waals surface area contributed by atoms with Crippen LogP contribution in [0.4, 0.5) is 0 Å². The summed E-state index contributed by atoms with van der Waals surface area (Å²) < 4.78 is 0. The first-order valence-corrected chi connectivity index (χ1v) is 7.58. The summed E-state index contributed by atoms with van der Waals surface area (Å²) >= 11 is 0. The highest BCUT2D eigenvalue weighted by atomic mass is 16.4. The van der Waals surface area contributed by atoms with Gasteiger partial charge in [-0.2, -0.15) is 0 Å². The van der Waals surface area contributed by atoms with Gasteiger partial charge in [0.05, 0.1) is 0 Å². The molecule has 1 aromatic rings. The van der Waals surface area contributed by atoms with Crippen molar-refractivity contribution in [2.45, 2.75) is 58.3 Å². The van der Waals surface area contributed by atoms with E-state index in [1.54, 1.807) is 0 Å². The van der Waals surface area contributed by atoms with Crippen molar-refractivity contribution >= 4 is 12.6 Å². The lowest BCUT2D eigenvalue weighted by Crippen LogP contribution is -2.32. The lowest BCUT2D eigenvalue weighted by atomic mass is 9.73. The van der Waals surface area contributed by atoms with Crippen LogP contribution < -0.4 is 5.46 Å². The van der Waals surface area contributed by atoms with Crippen LogP contribution in [-0.2, 0) is 0 Å². The number of aryl methyl sites for hydroxylation is 1. The highest BCUT2D eigenvalue weighted by Gasteiger charge is 2.23. The maximum absolute atomic E-state index is 9.26. The maximum Gasteiger partial charge on any atom is 0.488 e. The van der Waals surface area contributed by atoms with Crippen molar-refractivity contribution in [1.29, 1.82) is 0 Å². The SMILES string of the molecule is CCC[C@H]1CC[C@H](c2ccc(B(O)O)c(C)c2)CC1. The molecule has 0 radical (unpaired) electrons. The molecule has 0 saturated heterocycles. The molecule has 0 unspecified atom stereocenters. The van der Waals surface area contributed by atoms with Crippen molar-refractivity contribution < 1.29 is 10.0 Å². The van der Waals surface area contributed by atoms with Crippen molar-refractivity contribution in [3.05, 3.63) is 29.3 Å². The third kappa shape index (κ3) is 3.61. The Morgan fingerprint density at radius 1 is 1.16 bits per heavy atom.